The first-order valence-electron chi connectivity index (χ1n) is 8.61. The van der Waals surface area contributed by atoms with E-state index in [9.17, 15) is 9.59 Å². The zero-order valence-corrected chi connectivity index (χ0v) is 15.5. The number of hydrogen-bond acceptors (Lipinski definition) is 5. The van der Waals surface area contributed by atoms with Gasteiger partial charge in [0, 0.05) is 22.6 Å². The van der Waals surface area contributed by atoms with E-state index in [-0.39, 0.29) is 22.6 Å². The van der Waals surface area contributed by atoms with Gasteiger partial charge < -0.3 is 4.74 Å². The Labute approximate surface area is 158 Å². The average molecular weight is 360 g/mol. The fourth-order valence-corrected chi connectivity index (χ4v) is 2.46. The number of rotatable bonds is 4. The maximum Gasteiger partial charge on any atom is 0.364 e. The molecule has 0 saturated heterocycles. The minimum absolute atomic E-state index is 0.0780. The Balaban J connectivity index is 2.03. The van der Waals surface area contributed by atoms with Crippen LogP contribution in [-0.4, -0.2) is 23.2 Å². The Hall–Kier alpha value is -3.34. The summed E-state index contributed by atoms with van der Waals surface area (Å²) < 4.78 is 5.26. The first-order chi connectivity index (χ1) is 12.9. The van der Waals surface area contributed by atoms with Crippen LogP contribution in [0.15, 0.2) is 82.7 Å². The molecule has 3 rings (SSSR count). The third kappa shape index (κ3) is 4.26. The van der Waals surface area contributed by atoms with Gasteiger partial charge in [0.1, 0.15) is 11.5 Å². The summed E-state index contributed by atoms with van der Waals surface area (Å²) in [6.45, 7) is 5.81. The van der Waals surface area contributed by atoms with Crippen molar-refractivity contribution < 1.29 is 14.3 Å². The first kappa shape index (κ1) is 18.5. The van der Waals surface area contributed by atoms with Crippen LogP contribution in [0.25, 0.3) is 0 Å². The highest BCUT2D eigenvalue weighted by Gasteiger charge is 2.30. The number of Topliss-reactive ketones (excluding diaryl/α,β-unsaturated/α-hetero) is 1. The van der Waals surface area contributed by atoms with Crippen LogP contribution in [0.1, 0.15) is 36.7 Å². The molecule has 2 aromatic rings. The molecular formula is C22H20N2O3. The van der Waals surface area contributed by atoms with Crippen LogP contribution in [0.4, 0.5) is 0 Å². The van der Waals surface area contributed by atoms with Crippen molar-refractivity contribution in [2.45, 2.75) is 20.8 Å². The van der Waals surface area contributed by atoms with E-state index >= 15 is 0 Å². The summed E-state index contributed by atoms with van der Waals surface area (Å²) in [7, 11) is 0. The Morgan fingerprint density at radius 2 is 1.44 bits per heavy atom. The van der Waals surface area contributed by atoms with E-state index in [1.54, 1.807) is 42.5 Å². The van der Waals surface area contributed by atoms with Gasteiger partial charge in [-0.3, -0.25) is 4.79 Å². The molecule has 0 saturated carbocycles. The fraction of sp³-hybridized carbons (Fsp3) is 0.182. The first-order valence-corrected chi connectivity index (χ1v) is 8.61. The Morgan fingerprint density at radius 3 is 1.96 bits per heavy atom. The van der Waals surface area contributed by atoms with Crippen molar-refractivity contribution in [1.82, 2.24) is 0 Å². The Morgan fingerprint density at radius 1 is 0.889 bits per heavy atom. The van der Waals surface area contributed by atoms with Gasteiger partial charge in [0.15, 0.2) is 5.71 Å². The molecule has 136 valence electrons. The number of nitrogens with zero attached hydrogens (tertiary/aromatic N) is 2. The Bertz CT molecular complexity index is 950. The number of ketones is 1. The lowest BCUT2D eigenvalue weighted by molar-refractivity contribution is -0.131. The third-order valence-electron chi connectivity index (χ3n) is 3.97. The highest BCUT2D eigenvalue weighted by molar-refractivity contribution is 6.51. The van der Waals surface area contributed by atoms with Crippen molar-refractivity contribution >= 4 is 23.2 Å². The van der Waals surface area contributed by atoms with E-state index in [0.29, 0.717) is 16.9 Å². The van der Waals surface area contributed by atoms with Gasteiger partial charge in [-0.05, 0) is 0 Å². The zero-order valence-electron chi connectivity index (χ0n) is 15.5. The molecule has 0 aromatic heterocycles. The van der Waals surface area contributed by atoms with E-state index in [0.717, 1.165) is 0 Å². The van der Waals surface area contributed by atoms with Crippen LogP contribution in [0.5, 0.6) is 0 Å². The highest BCUT2D eigenvalue weighted by atomic mass is 16.5. The zero-order chi connectivity index (χ0) is 19.4. The van der Waals surface area contributed by atoms with Crippen LogP contribution in [-0.2, 0) is 9.53 Å². The number of carbonyl (C=O) groups excluding carboxylic acids is 2. The monoisotopic (exact) mass is 360 g/mol. The molecule has 0 aliphatic carbocycles. The van der Waals surface area contributed by atoms with Crippen molar-refractivity contribution in [3.63, 3.8) is 0 Å². The maximum atomic E-state index is 12.9. The smallest absolute Gasteiger partial charge is 0.364 e. The van der Waals surface area contributed by atoms with E-state index in [2.05, 4.69) is 10.2 Å². The van der Waals surface area contributed by atoms with Gasteiger partial charge in [-0.1, -0.05) is 81.4 Å². The van der Waals surface area contributed by atoms with Crippen molar-refractivity contribution in [2.24, 2.45) is 15.6 Å². The summed E-state index contributed by atoms with van der Waals surface area (Å²) >= 11 is 0. The predicted octanol–water partition coefficient (Wildman–Crippen LogP) is 4.20. The molecule has 2 aromatic carbocycles. The quantitative estimate of drug-likeness (QED) is 0.355. The predicted molar refractivity (Wildman–Crippen MR) is 105 cm³/mol. The number of benzene rings is 2. The number of ether oxygens (including phenoxy) is 1. The SMILES string of the molecule is CC(C)(C)C1=C/C(=N\N=C(/C(=O)c2ccccc2)c2ccccc2)C(=O)O1. The summed E-state index contributed by atoms with van der Waals surface area (Å²) in [6, 6.07) is 17.9. The fourth-order valence-electron chi connectivity index (χ4n) is 2.46. The summed E-state index contributed by atoms with van der Waals surface area (Å²) in [5, 5.41) is 8.15. The van der Waals surface area contributed by atoms with Gasteiger partial charge in [-0.25, -0.2) is 4.79 Å². The highest BCUT2D eigenvalue weighted by Crippen LogP contribution is 2.29. The number of esters is 1. The number of cyclic esters (lactones) is 1. The maximum absolute atomic E-state index is 12.9. The molecule has 0 unspecified atom stereocenters. The molecule has 5 heteroatoms. The van der Waals surface area contributed by atoms with Crippen LogP contribution >= 0.6 is 0 Å². The van der Waals surface area contributed by atoms with Gasteiger partial charge in [0.05, 0.1) is 0 Å². The molecule has 0 atom stereocenters. The molecule has 0 amide bonds. The lowest BCUT2D eigenvalue weighted by Gasteiger charge is -2.17. The van der Waals surface area contributed by atoms with Crippen LogP contribution in [0.3, 0.4) is 0 Å². The second-order valence-electron chi connectivity index (χ2n) is 7.14. The molecule has 0 fully saturated rings. The summed E-state index contributed by atoms with van der Waals surface area (Å²) in [5.74, 6) is -0.308. The lowest BCUT2D eigenvalue weighted by atomic mass is 9.94. The van der Waals surface area contributed by atoms with Crippen molar-refractivity contribution in [1.29, 1.82) is 0 Å². The molecule has 0 bridgehead atoms. The van der Waals surface area contributed by atoms with Gasteiger partial charge >= 0.3 is 5.97 Å². The van der Waals surface area contributed by atoms with Crippen LogP contribution in [0.2, 0.25) is 0 Å². The van der Waals surface area contributed by atoms with E-state index in [4.69, 9.17) is 4.74 Å². The van der Waals surface area contributed by atoms with Gasteiger partial charge in [0.2, 0.25) is 5.78 Å². The summed E-state index contributed by atoms with van der Waals surface area (Å²) in [4.78, 5) is 25.0. The van der Waals surface area contributed by atoms with E-state index in [1.165, 1.54) is 0 Å². The summed E-state index contributed by atoms with van der Waals surface area (Å²) in [5.41, 5.74) is 1.05. The number of carbonyl (C=O) groups is 2. The van der Waals surface area contributed by atoms with Gasteiger partial charge in [0.25, 0.3) is 0 Å². The minimum atomic E-state index is -0.566. The van der Waals surface area contributed by atoms with E-state index in [1.807, 2.05) is 45.0 Å². The Kier molecular flexibility index (Phi) is 5.12. The second-order valence-corrected chi connectivity index (χ2v) is 7.14. The van der Waals surface area contributed by atoms with Gasteiger partial charge in [-0.15, -0.1) is 10.2 Å². The normalized spacial score (nSPS) is 16.3. The van der Waals surface area contributed by atoms with Crippen molar-refractivity contribution in [3.05, 3.63) is 83.6 Å². The van der Waals surface area contributed by atoms with E-state index < -0.39 is 5.97 Å². The largest absolute Gasteiger partial charge is 0.426 e. The topological polar surface area (TPSA) is 68.1 Å². The van der Waals surface area contributed by atoms with Crippen molar-refractivity contribution in [2.75, 3.05) is 0 Å². The molecule has 1 aliphatic rings. The molecule has 27 heavy (non-hydrogen) atoms. The molecule has 1 heterocycles. The van der Waals surface area contributed by atoms with Crippen LogP contribution < -0.4 is 0 Å². The second kappa shape index (κ2) is 7.50. The molecule has 0 spiro atoms. The molecule has 1 aliphatic heterocycles. The molecule has 0 N–H and O–H groups in total. The number of hydrogen-bond donors (Lipinski definition) is 0. The standard InChI is InChI=1S/C22H20N2O3/c1-22(2,3)18-14-17(21(26)27-18)23-24-19(15-10-6-4-7-11-15)20(25)16-12-8-5-9-13-16/h4-14H,1-3H3/b23-17+,24-19-. The lowest BCUT2D eigenvalue weighted by Crippen LogP contribution is -2.16. The third-order valence-corrected chi connectivity index (χ3v) is 3.97. The van der Waals surface area contributed by atoms with Crippen LogP contribution in [0, 0.1) is 5.41 Å². The van der Waals surface area contributed by atoms with Crippen molar-refractivity contribution in [3.8, 4) is 0 Å². The molecular weight excluding hydrogens is 340 g/mol. The average Bonchev–Trinajstić information content (AvgIpc) is 3.04. The van der Waals surface area contributed by atoms with Gasteiger partial charge in [-0.2, -0.15) is 0 Å². The summed E-state index contributed by atoms with van der Waals surface area (Å²) in [6.07, 6.45) is 1.57. The molecule has 5 nitrogen and oxygen atoms in total. The number of allylic oxidation sites excluding steroid dienone is 1. The molecule has 0 radical (unpaired) electrons. The minimum Gasteiger partial charge on any atom is -0.426 e.